The van der Waals surface area contributed by atoms with Crippen molar-refractivity contribution in [3.8, 4) is 5.75 Å². The van der Waals surface area contributed by atoms with Gasteiger partial charge in [-0.15, -0.1) is 0 Å². The first-order valence-electron chi connectivity index (χ1n) is 4.25. The zero-order valence-corrected chi connectivity index (χ0v) is 7.68. The molecule has 0 radical (unpaired) electrons. The SMILES string of the molecule is O=C(Nc1cnoc1)c1ccc(O)cc1. The van der Waals surface area contributed by atoms with Crippen LogP contribution in [0.3, 0.4) is 0 Å². The summed E-state index contributed by atoms with van der Waals surface area (Å²) in [5.74, 6) is -0.158. The van der Waals surface area contributed by atoms with Crippen LogP contribution in [0.5, 0.6) is 5.75 Å². The number of phenolic OH excluding ortho intramolecular Hbond substituents is 1. The van der Waals surface area contributed by atoms with Crippen molar-refractivity contribution in [2.24, 2.45) is 0 Å². The molecular weight excluding hydrogens is 196 g/mol. The Hall–Kier alpha value is -2.30. The maximum atomic E-state index is 11.6. The van der Waals surface area contributed by atoms with Crippen LogP contribution >= 0.6 is 0 Å². The van der Waals surface area contributed by atoms with Crippen LogP contribution in [-0.2, 0) is 0 Å². The third kappa shape index (κ3) is 2.14. The van der Waals surface area contributed by atoms with Crippen molar-refractivity contribution < 1.29 is 14.4 Å². The second-order valence-electron chi connectivity index (χ2n) is 2.91. The van der Waals surface area contributed by atoms with Gasteiger partial charge >= 0.3 is 0 Å². The molecule has 0 bridgehead atoms. The van der Waals surface area contributed by atoms with Gasteiger partial charge in [0.2, 0.25) is 0 Å². The summed E-state index contributed by atoms with van der Waals surface area (Å²) in [4.78, 5) is 11.6. The van der Waals surface area contributed by atoms with Crippen molar-refractivity contribution in [2.75, 3.05) is 5.32 Å². The van der Waals surface area contributed by atoms with Crippen LogP contribution < -0.4 is 5.32 Å². The molecule has 1 amide bonds. The Morgan fingerprint density at radius 1 is 1.33 bits per heavy atom. The van der Waals surface area contributed by atoms with Crippen molar-refractivity contribution in [1.29, 1.82) is 0 Å². The van der Waals surface area contributed by atoms with Crippen LogP contribution in [0.15, 0.2) is 41.2 Å². The molecule has 1 heterocycles. The first-order valence-corrected chi connectivity index (χ1v) is 4.25. The highest BCUT2D eigenvalue weighted by Crippen LogP contribution is 2.12. The second kappa shape index (κ2) is 3.83. The van der Waals surface area contributed by atoms with Crippen molar-refractivity contribution in [3.63, 3.8) is 0 Å². The molecule has 1 aromatic carbocycles. The van der Waals surface area contributed by atoms with E-state index in [1.807, 2.05) is 0 Å². The second-order valence-corrected chi connectivity index (χ2v) is 2.91. The van der Waals surface area contributed by atoms with Gasteiger partial charge in [-0.25, -0.2) is 0 Å². The van der Waals surface area contributed by atoms with Crippen LogP contribution in [0.1, 0.15) is 10.4 Å². The highest BCUT2D eigenvalue weighted by molar-refractivity contribution is 6.04. The number of aromatic nitrogens is 1. The fourth-order valence-corrected chi connectivity index (χ4v) is 1.08. The van der Waals surface area contributed by atoms with Crippen LogP contribution in [0.2, 0.25) is 0 Å². The molecule has 1 aromatic heterocycles. The van der Waals surface area contributed by atoms with Gasteiger partial charge in [-0.3, -0.25) is 4.79 Å². The van der Waals surface area contributed by atoms with Gasteiger partial charge in [0, 0.05) is 5.56 Å². The Morgan fingerprint density at radius 3 is 2.67 bits per heavy atom. The van der Waals surface area contributed by atoms with E-state index in [0.717, 1.165) is 0 Å². The smallest absolute Gasteiger partial charge is 0.255 e. The van der Waals surface area contributed by atoms with Gasteiger partial charge in [-0.05, 0) is 24.3 Å². The molecule has 2 rings (SSSR count). The quantitative estimate of drug-likeness (QED) is 0.779. The van der Waals surface area contributed by atoms with E-state index in [-0.39, 0.29) is 11.7 Å². The number of amides is 1. The monoisotopic (exact) mass is 204 g/mol. The van der Waals surface area contributed by atoms with E-state index in [2.05, 4.69) is 15.0 Å². The molecule has 2 aromatic rings. The van der Waals surface area contributed by atoms with E-state index in [1.54, 1.807) is 0 Å². The molecule has 0 aliphatic rings. The van der Waals surface area contributed by atoms with Gasteiger partial charge < -0.3 is 14.9 Å². The number of phenols is 1. The van der Waals surface area contributed by atoms with Gasteiger partial charge in [0.15, 0.2) is 0 Å². The molecule has 5 heteroatoms. The molecular formula is C10H8N2O3. The third-order valence-electron chi connectivity index (χ3n) is 1.82. The average molecular weight is 204 g/mol. The lowest BCUT2D eigenvalue weighted by Crippen LogP contribution is -2.10. The third-order valence-corrected chi connectivity index (χ3v) is 1.82. The lowest BCUT2D eigenvalue weighted by atomic mass is 10.2. The Labute approximate surface area is 85.3 Å². The van der Waals surface area contributed by atoms with Crippen molar-refractivity contribution >= 4 is 11.6 Å². The van der Waals surface area contributed by atoms with Gasteiger partial charge in [-0.2, -0.15) is 0 Å². The van der Waals surface area contributed by atoms with Gasteiger partial charge in [0.25, 0.3) is 5.91 Å². The zero-order chi connectivity index (χ0) is 10.7. The van der Waals surface area contributed by atoms with Crippen LogP contribution in [-0.4, -0.2) is 16.2 Å². The summed E-state index contributed by atoms with van der Waals surface area (Å²) in [7, 11) is 0. The number of rotatable bonds is 2. The normalized spacial score (nSPS) is 9.87. The lowest BCUT2D eigenvalue weighted by Gasteiger charge is -2.01. The van der Waals surface area contributed by atoms with E-state index in [1.165, 1.54) is 36.7 Å². The molecule has 0 aliphatic heterocycles. The number of nitrogens with one attached hydrogen (secondary N) is 1. The van der Waals surface area contributed by atoms with Crippen LogP contribution in [0.25, 0.3) is 0 Å². The van der Waals surface area contributed by atoms with Crippen LogP contribution in [0, 0.1) is 0 Å². The number of hydrogen-bond donors (Lipinski definition) is 2. The number of anilines is 1. The number of carbonyl (C=O) groups is 1. The highest BCUT2D eigenvalue weighted by Gasteiger charge is 2.06. The number of benzene rings is 1. The zero-order valence-electron chi connectivity index (χ0n) is 7.68. The molecule has 0 spiro atoms. The number of aromatic hydroxyl groups is 1. The maximum Gasteiger partial charge on any atom is 0.255 e. The Kier molecular flexibility index (Phi) is 2.37. The Morgan fingerprint density at radius 2 is 2.07 bits per heavy atom. The lowest BCUT2D eigenvalue weighted by molar-refractivity contribution is 0.102. The minimum atomic E-state index is -0.279. The fourth-order valence-electron chi connectivity index (χ4n) is 1.08. The molecule has 5 nitrogen and oxygen atoms in total. The number of nitrogens with zero attached hydrogens (tertiary/aromatic N) is 1. The standard InChI is InChI=1S/C10H8N2O3/c13-9-3-1-7(2-4-9)10(14)12-8-5-11-15-6-8/h1-6,13H,(H,12,14). The van der Waals surface area contributed by atoms with Crippen molar-refractivity contribution in [1.82, 2.24) is 5.16 Å². The molecule has 0 saturated carbocycles. The highest BCUT2D eigenvalue weighted by atomic mass is 16.5. The molecule has 0 unspecified atom stereocenters. The van der Waals surface area contributed by atoms with Crippen molar-refractivity contribution in [3.05, 3.63) is 42.3 Å². The van der Waals surface area contributed by atoms with E-state index in [0.29, 0.717) is 11.3 Å². The Bertz CT molecular complexity index is 448. The predicted octanol–water partition coefficient (Wildman–Crippen LogP) is 1.63. The van der Waals surface area contributed by atoms with Gasteiger partial charge in [-0.1, -0.05) is 5.16 Å². The summed E-state index contributed by atoms with van der Waals surface area (Å²) >= 11 is 0. The summed E-state index contributed by atoms with van der Waals surface area (Å²) in [6.07, 6.45) is 2.73. The molecule has 2 N–H and O–H groups in total. The van der Waals surface area contributed by atoms with E-state index in [9.17, 15) is 4.79 Å². The number of hydrogen-bond acceptors (Lipinski definition) is 4. The molecule has 0 saturated heterocycles. The van der Waals surface area contributed by atoms with E-state index < -0.39 is 0 Å². The number of carbonyl (C=O) groups excluding carboxylic acids is 1. The predicted molar refractivity (Wildman–Crippen MR) is 52.6 cm³/mol. The molecule has 76 valence electrons. The fraction of sp³-hybridized carbons (Fsp3) is 0. The minimum absolute atomic E-state index is 0.122. The topological polar surface area (TPSA) is 75.4 Å². The summed E-state index contributed by atoms with van der Waals surface area (Å²) in [5.41, 5.74) is 0.946. The first-order chi connectivity index (χ1) is 7.25. The van der Waals surface area contributed by atoms with E-state index in [4.69, 9.17) is 5.11 Å². The molecule has 0 fully saturated rings. The average Bonchev–Trinajstić information content (AvgIpc) is 2.71. The molecule has 0 atom stereocenters. The summed E-state index contributed by atoms with van der Waals surface area (Å²) in [6, 6.07) is 5.95. The largest absolute Gasteiger partial charge is 0.508 e. The van der Waals surface area contributed by atoms with E-state index >= 15 is 0 Å². The minimum Gasteiger partial charge on any atom is -0.508 e. The van der Waals surface area contributed by atoms with Crippen molar-refractivity contribution in [2.45, 2.75) is 0 Å². The van der Waals surface area contributed by atoms with Gasteiger partial charge in [0.1, 0.15) is 17.7 Å². The van der Waals surface area contributed by atoms with Crippen LogP contribution in [0.4, 0.5) is 5.69 Å². The summed E-state index contributed by atoms with van der Waals surface area (Å²) < 4.78 is 4.57. The molecule has 0 aliphatic carbocycles. The molecule has 15 heavy (non-hydrogen) atoms. The summed E-state index contributed by atoms with van der Waals surface area (Å²) in [6.45, 7) is 0. The Balaban J connectivity index is 2.11. The first kappa shape index (κ1) is 9.26. The maximum absolute atomic E-state index is 11.6. The van der Waals surface area contributed by atoms with Gasteiger partial charge in [0.05, 0.1) is 6.20 Å². The summed E-state index contributed by atoms with van der Waals surface area (Å²) in [5, 5.41) is 15.1.